The van der Waals surface area contributed by atoms with Crippen molar-refractivity contribution in [3.05, 3.63) is 28.0 Å². The standard InChI is InChI=1S/C10H7BrFNO2S/c1-5(10(14)15)16-7-3-2-6(4-13)8(11)9(7)12/h2-3,5H,1H3,(H,14,15). The number of nitrogens with zero attached hydrogens (tertiary/aromatic N) is 1. The SMILES string of the molecule is CC(Sc1ccc(C#N)c(Br)c1F)C(=O)O. The molecule has 0 bridgehead atoms. The molecule has 0 aliphatic rings. The Hall–Kier alpha value is -1.06. The van der Waals surface area contributed by atoms with Gasteiger partial charge in [0.15, 0.2) is 5.82 Å². The molecule has 3 nitrogen and oxygen atoms in total. The van der Waals surface area contributed by atoms with Gasteiger partial charge in [-0.1, -0.05) is 0 Å². The number of carboxylic acids is 1. The summed E-state index contributed by atoms with van der Waals surface area (Å²) in [7, 11) is 0. The van der Waals surface area contributed by atoms with Crippen LogP contribution in [0.2, 0.25) is 0 Å². The molecule has 1 aromatic carbocycles. The second-order valence-electron chi connectivity index (χ2n) is 2.95. The number of thioether (sulfide) groups is 1. The van der Waals surface area contributed by atoms with Crippen molar-refractivity contribution in [3.8, 4) is 6.07 Å². The summed E-state index contributed by atoms with van der Waals surface area (Å²) < 4.78 is 13.7. The predicted octanol–water partition coefficient (Wildman–Crippen LogP) is 3.03. The Balaban J connectivity index is 3.05. The van der Waals surface area contributed by atoms with E-state index >= 15 is 0 Å². The lowest BCUT2D eigenvalue weighted by atomic mass is 10.2. The molecular weight excluding hydrogens is 297 g/mol. The van der Waals surface area contributed by atoms with E-state index in [9.17, 15) is 9.18 Å². The first-order valence-electron chi connectivity index (χ1n) is 4.25. The quantitative estimate of drug-likeness (QED) is 0.872. The molecule has 0 amide bonds. The maximum atomic E-state index is 13.7. The number of hydrogen-bond acceptors (Lipinski definition) is 3. The number of hydrogen-bond donors (Lipinski definition) is 1. The molecule has 0 spiro atoms. The highest BCUT2D eigenvalue weighted by atomic mass is 79.9. The minimum Gasteiger partial charge on any atom is -0.480 e. The van der Waals surface area contributed by atoms with Crippen LogP contribution in [0.3, 0.4) is 0 Å². The molecular formula is C10H7BrFNO2S. The number of aliphatic carboxylic acids is 1. The highest BCUT2D eigenvalue weighted by Gasteiger charge is 2.17. The van der Waals surface area contributed by atoms with Gasteiger partial charge < -0.3 is 5.11 Å². The largest absolute Gasteiger partial charge is 0.480 e. The number of rotatable bonds is 3. The van der Waals surface area contributed by atoms with Gasteiger partial charge in [-0.25, -0.2) is 4.39 Å². The van der Waals surface area contributed by atoms with E-state index in [1.807, 2.05) is 6.07 Å². The second kappa shape index (κ2) is 5.32. The maximum absolute atomic E-state index is 13.7. The van der Waals surface area contributed by atoms with Crippen molar-refractivity contribution >= 4 is 33.7 Å². The highest BCUT2D eigenvalue weighted by Crippen LogP contribution is 2.32. The van der Waals surface area contributed by atoms with E-state index in [-0.39, 0.29) is 14.9 Å². The van der Waals surface area contributed by atoms with Gasteiger partial charge in [0.05, 0.1) is 10.0 Å². The molecule has 6 heteroatoms. The Bertz CT molecular complexity index is 473. The molecule has 0 heterocycles. The van der Waals surface area contributed by atoms with Crippen LogP contribution >= 0.6 is 27.7 Å². The van der Waals surface area contributed by atoms with Gasteiger partial charge in [-0.15, -0.1) is 11.8 Å². The van der Waals surface area contributed by atoms with Crippen molar-refractivity contribution in [2.45, 2.75) is 17.1 Å². The summed E-state index contributed by atoms with van der Waals surface area (Å²) in [6, 6.07) is 4.68. The lowest BCUT2D eigenvalue weighted by Gasteiger charge is -2.08. The molecule has 84 valence electrons. The van der Waals surface area contributed by atoms with Crippen molar-refractivity contribution < 1.29 is 14.3 Å². The van der Waals surface area contributed by atoms with Gasteiger partial charge in [-0.2, -0.15) is 5.26 Å². The summed E-state index contributed by atoms with van der Waals surface area (Å²) in [6.45, 7) is 1.47. The molecule has 1 unspecified atom stereocenters. The minimum absolute atomic E-state index is 0.0672. The fourth-order valence-corrected chi connectivity index (χ4v) is 2.35. The first kappa shape index (κ1) is 13.0. The average Bonchev–Trinajstić information content (AvgIpc) is 2.25. The topological polar surface area (TPSA) is 61.1 Å². The fraction of sp³-hybridized carbons (Fsp3) is 0.200. The molecule has 0 aliphatic heterocycles. The molecule has 1 rings (SSSR count). The van der Waals surface area contributed by atoms with Gasteiger partial charge in [0.2, 0.25) is 0 Å². The number of carboxylic acid groups (broad SMARTS) is 1. The van der Waals surface area contributed by atoms with Crippen LogP contribution in [0.4, 0.5) is 4.39 Å². The summed E-state index contributed by atoms with van der Waals surface area (Å²) in [5.74, 6) is -1.61. The predicted molar refractivity (Wildman–Crippen MR) is 61.8 cm³/mol. The molecule has 0 aliphatic carbocycles. The monoisotopic (exact) mass is 303 g/mol. The highest BCUT2D eigenvalue weighted by molar-refractivity contribution is 9.10. The number of benzene rings is 1. The molecule has 16 heavy (non-hydrogen) atoms. The van der Waals surface area contributed by atoms with E-state index in [0.717, 1.165) is 11.8 Å². The number of nitriles is 1. The third-order valence-electron chi connectivity index (χ3n) is 1.82. The molecule has 0 aromatic heterocycles. The van der Waals surface area contributed by atoms with Gasteiger partial charge >= 0.3 is 5.97 Å². The van der Waals surface area contributed by atoms with Gasteiger partial charge in [-0.05, 0) is 35.0 Å². The zero-order valence-electron chi connectivity index (χ0n) is 8.20. The van der Waals surface area contributed by atoms with E-state index in [0.29, 0.717) is 0 Å². The summed E-state index contributed by atoms with van der Waals surface area (Å²) in [6.07, 6.45) is 0. The van der Waals surface area contributed by atoms with Crippen LogP contribution in [-0.4, -0.2) is 16.3 Å². The summed E-state index contributed by atoms with van der Waals surface area (Å²) in [5.41, 5.74) is 0.185. The Labute approximate surface area is 104 Å². The minimum atomic E-state index is -1.01. The first-order valence-corrected chi connectivity index (χ1v) is 5.92. The molecule has 0 radical (unpaired) electrons. The Morgan fingerprint density at radius 1 is 1.69 bits per heavy atom. The Morgan fingerprint density at radius 3 is 2.81 bits per heavy atom. The van der Waals surface area contributed by atoms with Gasteiger partial charge in [-0.3, -0.25) is 4.79 Å². The van der Waals surface area contributed by atoms with Crippen LogP contribution in [-0.2, 0) is 4.79 Å². The normalized spacial score (nSPS) is 11.9. The third kappa shape index (κ3) is 2.74. The van der Waals surface area contributed by atoms with E-state index in [4.69, 9.17) is 10.4 Å². The Kier molecular flexibility index (Phi) is 4.33. The van der Waals surface area contributed by atoms with Crippen molar-refractivity contribution in [1.29, 1.82) is 5.26 Å². The Morgan fingerprint density at radius 2 is 2.31 bits per heavy atom. The molecule has 1 atom stereocenters. The van der Waals surface area contributed by atoms with Crippen LogP contribution < -0.4 is 0 Å². The van der Waals surface area contributed by atoms with E-state index in [1.54, 1.807) is 0 Å². The van der Waals surface area contributed by atoms with Crippen molar-refractivity contribution in [1.82, 2.24) is 0 Å². The molecule has 1 N–H and O–H groups in total. The van der Waals surface area contributed by atoms with E-state index < -0.39 is 17.0 Å². The number of halogens is 2. The lowest BCUT2D eigenvalue weighted by molar-refractivity contribution is -0.136. The average molecular weight is 304 g/mol. The third-order valence-corrected chi connectivity index (χ3v) is 3.72. The molecule has 1 aromatic rings. The van der Waals surface area contributed by atoms with Crippen LogP contribution in [0, 0.1) is 17.1 Å². The zero-order chi connectivity index (χ0) is 12.3. The van der Waals surface area contributed by atoms with Crippen LogP contribution in [0.25, 0.3) is 0 Å². The smallest absolute Gasteiger partial charge is 0.316 e. The molecule has 0 saturated carbocycles. The first-order chi connectivity index (χ1) is 7.47. The summed E-state index contributed by atoms with van der Waals surface area (Å²) in [5, 5.41) is 16.6. The van der Waals surface area contributed by atoms with Crippen molar-refractivity contribution in [2.75, 3.05) is 0 Å². The zero-order valence-corrected chi connectivity index (χ0v) is 10.6. The van der Waals surface area contributed by atoms with Crippen molar-refractivity contribution in [2.24, 2.45) is 0 Å². The van der Waals surface area contributed by atoms with Crippen LogP contribution in [0.1, 0.15) is 12.5 Å². The fourth-order valence-electron chi connectivity index (χ4n) is 0.950. The molecule has 0 saturated heterocycles. The lowest BCUT2D eigenvalue weighted by Crippen LogP contribution is -2.11. The van der Waals surface area contributed by atoms with E-state index in [2.05, 4.69) is 15.9 Å². The van der Waals surface area contributed by atoms with Gasteiger partial charge in [0.1, 0.15) is 11.3 Å². The van der Waals surface area contributed by atoms with Crippen LogP contribution in [0.15, 0.2) is 21.5 Å². The molecule has 0 fully saturated rings. The second-order valence-corrected chi connectivity index (χ2v) is 5.12. The summed E-state index contributed by atoms with van der Waals surface area (Å²) >= 11 is 3.86. The summed E-state index contributed by atoms with van der Waals surface area (Å²) in [4.78, 5) is 10.8. The van der Waals surface area contributed by atoms with Gasteiger partial charge in [0.25, 0.3) is 0 Å². The van der Waals surface area contributed by atoms with Gasteiger partial charge in [0, 0.05) is 4.90 Å². The van der Waals surface area contributed by atoms with Crippen LogP contribution in [0.5, 0.6) is 0 Å². The van der Waals surface area contributed by atoms with Crippen molar-refractivity contribution in [3.63, 3.8) is 0 Å². The van der Waals surface area contributed by atoms with E-state index in [1.165, 1.54) is 19.1 Å². The maximum Gasteiger partial charge on any atom is 0.316 e. The number of carbonyl (C=O) groups is 1.